The fourth-order valence-electron chi connectivity index (χ4n) is 2.57. The topological polar surface area (TPSA) is 58.2 Å². The molecule has 0 bridgehead atoms. The van der Waals surface area contributed by atoms with Gasteiger partial charge in [0.1, 0.15) is 11.2 Å². The second-order valence-electron chi connectivity index (χ2n) is 7.45. The van der Waals surface area contributed by atoms with Gasteiger partial charge in [-0.25, -0.2) is 4.39 Å². The molecule has 2 aromatic carbocycles. The van der Waals surface area contributed by atoms with Crippen LogP contribution in [-0.2, 0) is 16.0 Å². The summed E-state index contributed by atoms with van der Waals surface area (Å²) in [7, 11) is 0. The molecule has 4 nitrogen and oxygen atoms in total. The van der Waals surface area contributed by atoms with Gasteiger partial charge in [0.2, 0.25) is 11.8 Å². The SMILES string of the molecule is CC(C)c1ccc(NC(=O)C(C)(C)C(=O)NCCc2ccccc2F)cc1. The highest BCUT2D eigenvalue weighted by atomic mass is 19.1. The first-order chi connectivity index (χ1) is 12.7. The van der Waals surface area contributed by atoms with Crippen LogP contribution in [0.3, 0.4) is 0 Å². The lowest BCUT2D eigenvalue weighted by Crippen LogP contribution is -2.45. The second-order valence-corrected chi connectivity index (χ2v) is 7.45. The normalized spacial score (nSPS) is 11.3. The Morgan fingerprint density at radius 1 is 1.00 bits per heavy atom. The molecule has 0 aliphatic rings. The van der Waals surface area contributed by atoms with Crippen molar-refractivity contribution >= 4 is 17.5 Å². The zero-order valence-electron chi connectivity index (χ0n) is 16.3. The van der Waals surface area contributed by atoms with E-state index in [0.717, 1.165) is 0 Å². The molecule has 0 radical (unpaired) electrons. The van der Waals surface area contributed by atoms with Gasteiger partial charge in [0.25, 0.3) is 0 Å². The summed E-state index contributed by atoms with van der Waals surface area (Å²) in [6, 6.07) is 14.0. The van der Waals surface area contributed by atoms with Crippen LogP contribution in [-0.4, -0.2) is 18.4 Å². The summed E-state index contributed by atoms with van der Waals surface area (Å²) in [6.45, 7) is 7.61. The third-order valence-electron chi connectivity index (χ3n) is 4.61. The molecule has 0 spiro atoms. The molecule has 0 unspecified atom stereocenters. The fraction of sp³-hybridized carbons (Fsp3) is 0.364. The monoisotopic (exact) mass is 370 g/mol. The lowest BCUT2D eigenvalue weighted by molar-refractivity contribution is -0.138. The van der Waals surface area contributed by atoms with Gasteiger partial charge in [-0.3, -0.25) is 9.59 Å². The van der Waals surface area contributed by atoms with E-state index in [9.17, 15) is 14.0 Å². The van der Waals surface area contributed by atoms with E-state index in [0.29, 0.717) is 23.6 Å². The summed E-state index contributed by atoms with van der Waals surface area (Å²) in [5.41, 5.74) is 1.12. The third kappa shape index (κ3) is 5.39. The molecule has 2 amide bonds. The molecule has 0 aliphatic carbocycles. The molecule has 0 saturated carbocycles. The maximum absolute atomic E-state index is 13.6. The van der Waals surface area contributed by atoms with Crippen LogP contribution in [0.1, 0.15) is 44.7 Å². The summed E-state index contributed by atoms with van der Waals surface area (Å²) < 4.78 is 13.6. The van der Waals surface area contributed by atoms with Gasteiger partial charge in [-0.2, -0.15) is 0 Å². The molecule has 0 heterocycles. The minimum absolute atomic E-state index is 0.263. The number of hydrogen-bond acceptors (Lipinski definition) is 2. The molecule has 0 fully saturated rings. The van der Waals surface area contributed by atoms with Crippen molar-refractivity contribution < 1.29 is 14.0 Å². The Balaban J connectivity index is 1.92. The van der Waals surface area contributed by atoms with Gasteiger partial charge in [0.05, 0.1) is 0 Å². The Morgan fingerprint density at radius 3 is 2.22 bits per heavy atom. The maximum Gasteiger partial charge on any atom is 0.239 e. The van der Waals surface area contributed by atoms with Gasteiger partial charge in [0.15, 0.2) is 0 Å². The van der Waals surface area contributed by atoms with E-state index in [1.165, 1.54) is 11.6 Å². The molecule has 5 heteroatoms. The van der Waals surface area contributed by atoms with E-state index in [4.69, 9.17) is 0 Å². The largest absolute Gasteiger partial charge is 0.355 e. The highest BCUT2D eigenvalue weighted by Crippen LogP contribution is 2.21. The molecule has 2 N–H and O–H groups in total. The van der Waals surface area contributed by atoms with E-state index < -0.39 is 11.3 Å². The lowest BCUT2D eigenvalue weighted by Gasteiger charge is -2.23. The van der Waals surface area contributed by atoms with E-state index in [2.05, 4.69) is 24.5 Å². The third-order valence-corrected chi connectivity index (χ3v) is 4.61. The Bertz CT molecular complexity index is 798. The van der Waals surface area contributed by atoms with Crippen molar-refractivity contribution in [1.29, 1.82) is 0 Å². The highest BCUT2D eigenvalue weighted by molar-refractivity contribution is 6.09. The molecule has 2 rings (SSSR count). The average molecular weight is 370 g/mol. The first-order valence-corrected chi connectivity index (χ1v) is 9.15. The molecule has 27 heavy (non-hydrogen) atoms. The number of anilines is 1. The van der Waals surface area contributed by atoms with Crippen LogP contribution in [0, 0.1) is 11.2 Å². The zero-order chi connectivity index (χ0) is 20.0. The number of benzene rings is 2. The van der Waals surface area contributed by atoms with Crippen molar-refractivity contribution in [2.45, 2.75) is 40.0 Å². The van der Waals surface area contributed by atoms with Crippen molar-refractivity contribution in [3.8, 4) is 0 Å². The van der Waals surface area contributed by atoms with Crippen molar-refractivity contribution in [2.24, 2.45) is 5.41 Å². The van der Waals surface area contributed by atoms with Gasteiger partial charge < -0.3 is 10.6 Å². The number of carbonyl (C=O) groups excluding carboxylic acids is 2. The predicted molar refractivity (Wildman–Crippen MR) is 106 cm³/mol. The van der Waals surface area contributed by atoms with Crippen molar-refractivity contribution in [2.75, 3.05) is 11.9 Å². The van der Waals surface area contributed by atoms with Crippen molar-refractivity contribution in [3.05, 3.63) is 65.5 Å². The molecular weight excluding hydrogens is 343 g/mol. The van der Waals surface area contributed by atoms with Crippen LogP contribution in [0.4, 0.5) is 10.1 Å². The molecule has 2 aromatic rings. The predicted octanol–water partition coefficient (Wildman–Crippen LogP) is 4.27. The number of halogens is 1. The van der Waals surface area contributed by atoms with Gasteiger partial charge in [-0.1, -0.05) is 44.2 Å². The molecule has 0 aliphatic heterocycles. The molecule has 144 valence electrons. The summed E-state index contributed by atoms with van der Waals surface area (Å²) in [5, 5.41) is 5.51. The van der Waals surface area contributed by atoms with Crippen molar-refractivity contribution in [3.63, 3.8) is 0 Å². The van der Waals surface area contributed by atoms with E-state index in [1.807, 2.05) is 24.3 Å². The number of amides is 2. The van der Waals surface area contributed by atoms with E-state index in [-0.39, 0.29) is 18.3 Å². The fourth-order valence-corrected chi connectivity index (χ4v) is 2.57. The highest BCUT2D eigenvalue weighted by Gasteiger charge is 2.35. The number of hydrogen-bond donors (Lipinski definition) is 2. The summed E-state index contributed by atoms with van der Waals surface area (Å²) in [4.78, 5) is 25.0. The molecular formula is C22H27FN2O2. The Morgan fingerprint density at radius 2 is 1.63 bits per heavy atom. The Labute approximate surface area is 160 Å². The second kappa shape index (κ2) is 8.80. The van der Waals surface area contributed by atoms with Crippen LogP contribution in [0.15, 0.2) is 48.5 Å². The van der Waals surface area contributed by atoms with Crippen LogP contribution < -0.4 is 10.6 Å². The Hall–Kier alpha value is -2.69. The van der Waals surface area contributed by atoms with Gasteiger partial charge >= 0.3 is 0 Å². The van der Waals surface area contributed by atoms with Gasteiger partial charge in [-0.15, -0.1) is 0 Å². The van der Waals surface area contributed by atoms with E-state index >= 15 is 0 Å². The van der Waals surface area contributed by atoms with Gasteiger partial charge in [0, 0.05) is 12.2 Å². The number of nitrogens with one attached hydrogen (secondary N) is 2. The summed E-state index contributed by atoms with van der Waals surface area (Å²) >= 11 is 0. The summed E-state index contributed by atoms with van der Waals surface area (Å²) in [6.07, 6.45) is 0.368. The number of rotatable bonds is 7. The van der Waals surface area contributed by atoms with Crippen LogP contribution in [0.25, 0.3) is 0 Å². The molecule has 0 aromatic heterocycles. The van der Waals surface area contributed by atoms with E-state index in [1.54, 1.807) is 32.0 Å². The average Bonchev–Trinajstić information content (AvgIpc) is 2.63. The quantitative estimate of drug-likeness (QED) is 0.715. The molecule has 0 atom stereocenters. The Kier molecular flexibility index (Phi) is 6.72. The standard InChI is InChI=1S/C22H27FN2O2/c1-15(2)16-9-11-18(12-10-16)25-21(27)22(3,4)20(26)24-14-13-17-7-5-6-8-19(17)23/h5-12,15H,13-14H2,1-4H3,(H,24,26)(H,25,27). The van der Waals surface area contributed by atoms with Crippen LogP contribution >= 0.6 is 0 Å². The molecule has 0 saturated heterocycles. The number of carbonyl (C=O) groups is 2. The summed E-state index contributed by atoms with van der Waals surface area (Å²) in [5.74, 6) is -0.668. The van der Waals surface area contributed by atoms with Gasteiger partial charge in [-0.05, 0) is 55.5 Å². The minimum Gasteiger partial charge on any atom is -0.355 e. The van der Waals surface area contributed by atoms with Crippen molar-refractivity contribution in [1.82, 2.24) is 5.32 Å². The smallest absolute Gasteiger partial charge is 0.239 e. The first kappa shape index (κ1) is 20.6. The maximum atomic E-state index is 13.6. The minimum atomic E-state index is -1.24. The van der Waals surface area contributed by atoms with Crippen LogP contribution in [0.2, 0.25) is 0 Å². The van der Waals surface area contributed by atoms with Crippen LogP contribution in [0.5, 0.6) is 0 Å². The zero-order valence-corrected chi connectivity index (χ0v) is 16.3. The first-order valence-electron chi connectivity index (χ1n) is 9.15. The lowest BCUT2D eigenvalue weighted by atomic mass is 9.90.